The van der Waals surface area contributed by atoms with Crippen LogP contribution in [0.25, 0.3) is 4.96 Å². The molecule has 2 atom stereocenters. The summed E-state index contributed by atoms with van der Waals surface area (Å²) in [6.45, 7) is 2.01. The molecule has 96 valence electrons. The largest absolute Gasteiger partial charge is 0.481 e. The monoisotopic (exact) mass is 266 g/mol. The molecule has 2 aromatic rings. The third kappa shape index (κ3) is 1.69. The highest BCUT2D eigenvalue weighted by Gasteiger charge is 2.36. The van der Waals surface area contributed by atoms with Gasteiger partial charge in [0.2, 0.25) is 4.96 Å². The van der Waals surface area contributed by atoms with Gasteiger partial charge in [-0.15, -0.1) is 10.2 Å². The topological polar surface area (TPSA) is 80.4 Å². The van der Waals surface area contributed by atoms with Crippen LogP contribution in [0.3, 0.4) is 0 Å². The van der Waals surface area contributed by atoms with E-state index in [0.717, 1.165) is 41.5 Å². The molecule has 0 bridgehead atoms. The summed E-state index contributed by atoms with van der Waals surface area (Å²) in [5.74, 6) is -0.130. The maximum absolute atomic E-state index is 11.2. The molecule has 3 rings (SSSR count). The van der Waals surface area contributed by atoms with Crippen molar-refractivity contribution in [3.63, 3.8) is 0 Å². The van der Waals surface area contributed by atoms with E-state index in [4.69, 9.17) is 0 Å². The van der Waals surface area contributed by atoms with Crippen molar-refractivity contribution in [1.82, 2.24) is 19.8 Å². The second-order valence-corrected chi connectivity index (χ2v) is 5.57. The molecule has 0 amide bonds. The van der Waals surface area contributed by atoms with Crippen LogP contribution in [-0.2, 0) is 11.2 Å². The number of fused-ring (bicyclic) bond motifs is 1. The van der Waals surface area contributed by atoms with Crippen LogP contribution in [0.15, 0.2) is 0 Å². The number of hydrogen-bond donors (Lipinski definition) is 1. The first kappa shape index (κ1) is 11.6. The molecule has 2 unspecified atom stereocenters. The van der Waals surface area contributed by atoms with Crippen molar-refractivity contribution in [2.45, 2.75) is 38.5 Å². The lowest BCUT2D eigenvalue weighted by Crippen LogP contribution is -2.16. The van der Waals surface area contributed by atoms with E-state index < -0.39 is 5.97 Å². The molecule has 0 saturated heterocycles. The van der Waals surface area contributed by atoms with Gasteiger partial charge < -0.3 is 5.11 Å². The highest BCUT2D eigenvalue weighted by atomic mass is 32.1. The summed E-state index contributed by atoms with van der Waals surface area (Å²) in [4.78, 5) is 12.0. The Morgan fingerprint density at radius 1 is 1.50 bits per heavy atom. The van der Waals surface area contributed by atoms with Crippen molar-refractivity contribution in [2.24, 2.45) is 5.92 Å². The van der Waals surface area contributed by atoms with Crippen LogP contribution in [0.5, 0.6) is 0 Å². The Labute approximate surface area is 108 Å². The minimum absolute atomic E-state index is 0.0407. The maximum Gasteiger partial charge on any atom is 0.307 e. The fourth-order valence-electron chi connectivity index (χ4n) is 2.59. The summed E-state index contributed by atoms with van der Waals surface area (Å²) in [5, 5.41) is 22.7. The molecular weight excluding hydrogens is 252 g/mol. The van der Waals surface area contributed by atoms with E-state index in [1.54, 1.807) is 4.52 Å². The summed E-state index contributed by atoms with van der Waals surface area (Å²) in [7, 11) is 0. The number of aliphatic carboxylic acids is 1. The molecule has 18 heavy (non-hydrogen) atoms. The average Bonchev–Trinajstić information content (AvgIpc) is 3.02. The highest BCUT2D eigenvalue weighted by Crippen LogP contribution is 2.41. The van der Waals surface area contributed by atoms with Crippen molar-refractivity contribution < 1.29 is 9.90 Å². The van der Waals surface area contributed by atoms with Crippen molar-refractivity contribution in [3.05, 3.63) is 10.8 Å². The van der Waals surface area contributed by atoms with Gasteiger partial charge >= 0.3 is 5.97 Å². The maximum atomic E-state index is 11.2. The van der Waals surface area contributed by atoms with E-state index in [1.807, 2.05) is 6.92 Å². The zero-order valence-electron chi connectivity index (χ0n) is 10.0. The molecule has 1 aliphatic rings. The minimum atomic E-state index is -0.709. The van der Waals surface area contributed by atoms with Crippen LogP contribution < -0.4 is 0 Å². The Morgan fingerprint density at radius 3 is 3.06 bits per heavy atom. The lowest BCUT2D eigenvalue weighted by atomic mass is 9.97. The number of aromatic nitrogens is 4. The number of carboxylic acids is 1. The molecule has 0 spiro atoms. The van der Waals surface area contributed by atoms with E-state index in [-0.39, 0.29) is 11.8 Å². The van der Waals surface area contributed by atoms with Crippen LogP contribution in [0.2, 0.25) is 0 Å². The standard InChI is InChI=1S/C11H14N4O2S/c1-2-8-12-13-11-15(8)14-9(18-11)6-4-3-5-7(6)10(16)17/h6-7H,2-5H2,1H3,(H,16,17). The van der Waals surface area contributed by atoms with Crippen LogP contribution in [-0.4, -0.2) is 30.9 Å². The van der Waals surface area contributed by atoms with Crippen molar-refractivity contribution >= 4 is 22.3 Å². The zero-order valence-corrected chi connectivity index (χ0v) is 10.9. The molecule has 2 heterocycles. The van der Waals surface area contributed by atoms with Gasteiger partial charge in [-0.25, -0.2) is 0 Å². The number of carboxylic acid groups (broad SMARTS) is 1. The molecule has 0 radical (unpaired) electrons. The smallest absolute Gasteiger partial charge is 0.307 e. The Balaban J connectivity index is 1.98. The van der Waals surface area contributed by atoms with E-state index >= 15 is 0 Å². The van der Waals surface area contributed by atoms with Gasteiger partial charge in [-0.1, -0.05) is 24.7 Å². The SMILES string of the molecule is CCc1nnc2sc(C3CCCC3C(=O)O)nn12. The van der Waals surface area contributed by atoms with Gasteiger partial charge in [0.05, 0.1) is 5.92 Å². The molecule has 7 heteroatoms. The van der Waals surface area contributed by atoms with E-state index in [9.17, 15) is 9.90 Å². The van der Waals surface area contributed by atoms with Crippen LogP contribution >= 0.6 is 11.3 Å². The summed E-state index contributed by atoms with van der Waals surface area (Å²) < 4.78 is 1.75. The highest BCUT2D eigenvalue weighted by molar-refractivity contribution is 7.16. The number of aryl methyl sites for hydroxylation is 1. The normalized spacial score (nSPS) is 23.8. The van der Waals surface area contributed by atoms with Crippen molar-refractivity contribution in [1.29, 1.82) is 0 Å². The number of carbonyl (C=O) groups is 1. The quantitative estimate of drug-likeness (QED) is 0.914. The van der Waals surface area contributed by atoms with Gasteiger partial charge in [0.15, 0.2) is 5.82 Å². The molecule has 0 aliphatic heterocycles. The molecule has 2 aromatic heterocycles. The molecule has 6 nitrogen and oxygen atoms in total. The van der Waals surface area contributed by atoms with E-state index in [1.165, 1.54) is 11.3 Å². The predicted molar refractivity (Wildman–Crippen MR) is 65.8 cm³/mol. The second kappa shape index (κ2) is 4.31. The van der Waals surface area contributed by atoms with Crippen LogP contribution in [0.1, 0.15) is 42.9 Å². The number of nitrogens with zero attached hydrogens (tertiary/aromatic N) is 4. The number of hydrogen-bond acceptors (Lipinski definition) is 5. The van der Waals surface area contributed by atoms with Gasteiger partial charge in [0.1, 0.15) is 5.01 Å². The lowest BCUT2D eigenvalue weighted by molar-refractivity contribution is -0.142. The Morgan fingerprint density at radius 2 is 2.33 bits per heavy atom. The van der Waals surface area contributed by atoms with Gasteiger partial charge in [0, 0.05) is 12.3 Å². The molecule has 1 aliphatic carbocycles. The van der Waals surface area contributed by atoms with Gasteiger partial charge in [-0.2, -0.15) is 9.61 Å². The van der Waals surface area contributed by atoms with Gasteiger partial charge in [-0.3, -0.25) is 4.79 Å². The van der Waals surface area contributed by atoms with E-state index in [0.29, 0.717) is 0 Å². The second-order valence-electron chi connectivity index (χ2n) is 4.59. The summed E-state index contributed by atoms with van der Waals surface area (Å²) in [6.07, 6.45) is 3.39. The first-order chi connectivity index (χ1) is 8.70. The third-order valence-electron chi connectivity index (χ3n) is 3.54. The summed E-state index contributed by atoms with van der Waals surface area (Å²) in [6, 6.07) is 0. The zero-order chi connectivity index (χ0) is 12.7. The average molecular weight is 266 g/mol. The van der Waals surface area contributed by atoms with Crippen molar-refractivity contribution in [3.8, 4) is 0 Å². The summed E-state index contributed by atoms with van der Waals surface area (Å²) >= 11 is 1.47. The third-order valence-corrected chi connectivity index (χ3v) is 4.57. The molecule has 1 saturated carbocycles. The number of rotatable bonds is 3. The summed E-state index contributed by atoms with van der Waals surface area (Å²) in [5.41, 5.74) is 0. The van der Waals surface area contributed by atoms with Gasteiger partial charge in [-0.05, 0) is 12.8 Å². The Hall–Kier alpha value is -1.50. The molecule has 1 fully saturated rings. The van der Waals surface area contributed by atoms with Crippen LogP contribution in [0.4, 0.5) is 0 Å². The molecular formula is C11H14N4O2S. The Bertz CT molecular complexity index is 591. The molecule has 1 N–H and O–H groups in total. The minimum Gasteiger partial charge on any atom is -0.481 e. The fourth-order valence-corrected chi connectivity index (χ4v) is 3.65. The molecule has 0 aromatic carbocycles. The Kier molecular flexibility index (Phi) is 2.77. The fraction of sp³-hybridized carbons (Fsp3) is 0.636. The van der Waals surface area contributed by atoms with E-state index in [2.05, 4.69) is 15.3 Å². The first-order valence-electron chi connectivity index (χ1n) is 6.14. The van der Waals surface area contributed by atoms with Crippen LogP contribution in [0, 0.1) is 5.92 Å². The lowest BCUT2D eigenvalue weighted by Gasteiger charge is -2.11. The van der Waals surface area contributed by atoms with Gasteiger partial charge in [0.25, 0.3) is 0 Å². The predicted octanol–water partition coefficient (Wildman–Crippen LogP) is 1.72. The first-order valence-corrected chi connectivity index (χ1v) is 6.96. The van der Waals surface area contributed by atoms with Crippen molar-refractivity contribution in [2.75, 3.05) is 0 Å².